The van der Waals surface area contributed by atoms with E-state index in [2.05, 4.69) is 65.5 Å². The number of unbranched alkanes of at least 4 members (excludes halogenated alkanes) is 2. The lowest BCUT2D eigenvalue weighted by Crippen LogP contribution is -2.49. The lowest BCUT2D eigenvalue weighted by molar-refractivity contribution is 0.211. The average Bonchev–Trinajstić information content (AvgIpc) is 3.48. The predicted molar refractivity (Wildman–Crippen MR) is 138 cm³/mol. The molecule has 2 aromatic heterocycles. The number of rotatable bonds is 8. The molecule has 4 aromatic rings. The zero-order valence-corrected chi connectivity index (χ0v) is 20.3. The number of aromatic nitrogens is 3. The Morgan fingerprint density at radius 2 is 1.76 bits per heavy atom. The van der Waals surface area contributed by atoms with Crippen LogP contribution in [0, 0.1) is 0 Å². The van der Waals surface area contributed by atoms with Gasteiger partial charge in [0.1, 0.15) is 5.82 Å². The zero-order chi connectivity index (χ0) is 22.8. The number of imidazole rings is 1. The van der Waals surface area contributed by atoms with E-state index in [1.165, 1.54) is 47.8 Å². The number of halogens is 1. The van der Waals surface area contributed by atoms with Crippen molar-refractivity contribution < 1.29 is 0 Å². The molecule has 3 heterocycles. The molecule has 0 radical (unpaired) electrons. The van der Waals surface area contributed by atoms with Crippen molar-refractivity contribution in [2.45, 2.75) is 70.4 Å². The minimum Gasteiger partial charge on any atom is -0.357 e. The second kappa shape index (κ2) is 9.36. The van der Waals surface area contributed by atoms with Crippen molar-refractivity contribution in [3.8, 4) is 11.3 Å². The third kappa shape index (κ3) is 4.22. The Morgan fingerprint density at radius 3 is 2.48 bits per heavy atom. The third-order valence-corrected chi connectivity index (χ3v) is 7.37. The molecule has 0 saturated carbocycles. The highest BCUT2D eigenvalue weighted by atomic mass is 35.5. The lowest BCUT2D eigenvalue weighted by Gasteiger charge is -2.42. The van der Waals surface area contributed by atoms with Crippen molar-refractivity contribution in [1.82, 2.24) is 20.3 Å². The minimum atomic E-state index is -0.0878. The fraction of sp³-hybridized carbons (Fsp3) is 0.393. The highest BCUT2D eigenvalue weighted by Gasteiger charge is 2.42. The summed E-state index contributed by atoms with van der Waals surface area (Å²) in [5.74, 6) is 1.01. The van der Waals surface area contributed by atoms with Crippen LogP contribution in [0.4, 0.5) is 0 Å². The molecule has 0 fully saturated rings. The number of benzene rings is 2. The van der Waals surface area contributed by atoms with Crippen molar-refractivity contribution in [1.29, 1.82) is 0 Å². The van der Waals surface area contributed by atoms with Crippen LogP contribution in [0.25, 0.3) is 22.2 Å². The quantitative estimate of drug-likeness (QED) is 0.252. The topological polar surface area (TPSA) is 56.5 Å². The van der Waals surface area contributed by atoms with Crippen molar-refractivity contribution in [3.63, 3.8) is 0 Å². The van der Waals surface area contributed by atoms with Crippen LogP contribution in [0.1, 0.15) is 75.5 Å². The largest absolute Gasteiger partial charge is 0.357 e. The van der Waals surface area contributed by atoms with Crippen LogP contribution in [-0.2, 0) is 12.0 Å². The van der Waals surface area contributed by atoms with E-state index in [9.17, 15) is 0 Å². The maximum absolute atomic E-state index is 6.43. The van der Waals surface area contributed by atoms with E-state index in [0.29, 0.717) is 0 Å². The number of nitrogens with one attached hydrogen (secondary N) is 3. The molecule has 0 aliphatic carbocycles. The molecule has 0 spiro atoms. The summed E-state index contributed by atoms with van der Waals surface area (Å²) in [5.41, 5.74) is 6.06. The molecule has 1 unspecified atom stereocenters. The molecule has 0 amide bonds. The van der Waals surface area contributed by atoms with Gasteiger partial charge in [0.05, 0.1) is 23.5 Å². The molecule has 4 nitrogen and oxygen atoms in total. The zero-order valence-electron chi connectivity index (χ0n) is 19.5. The second-order valence-electron chi connectivity index (χ2n) is 9.41. The Kier molecular flexibility index (Phi) is 6.31. The van der Waals surface area contributed by atoms with Crippen LogP contribution in [0.5, 0.6) is 0 Å². The predicted octanol–water partition coefficient (Wildman–Crippen LogP) is 7.67. The van der Waals surface area contributed by atoms with Gasteiger partial charge in [0.25, 0.3) is 0 Å². The smallest absolute Gasteiger partial charge is 0.124 e. The number of nitrogens with zero attached hydrogens (tertiary/aromatic N) is 1. The second-order valence-corrected chi connectivity index (χ2v) is 9.84. The average molecular weight is 461 g/mol. The van der Waals surface area contributed by atoms with E-state index in [1.807, 2.05) is 18.3 Å². The Labute approximate surface area is 201 Å². The first-order valence-corrected chi connectivity index (χ1v) is 12.7. The van der Waals surface area contributed by atoms with Crippen LogP contribution < -0.4 is 5.32 Å². The summed E-state index contributed by atoms with van der Waals surface area (Å²) in [6.45, 7) is 4.55. The summed E-state index contributed by atoms with van der Waals surface area (Å²) in [5, 5.41) is 6.13. The summed E-state index contributed by atoms with van der Waals surface area (Å²) in [7, 11) is 0. The highest BCUT2D eigenvalue weighted by Crippen LogP contribution is 2.44. The van der Waals surface area contributed by atoms with Crippen LogP contribution in [-0.4, -0.2) is 15.0 Å². The monoisotopic (exact) mass is 460 g/mol. The van der Waals surface area contributed by atoms with Crippen molar-refractivity contribution in [2.24, 2.45) is 0 Å². The Morgan fingerprint density at radius 1 is 1.00 bits per heavy atom. The molecule has 33 heavy (non-hydrogen) atoms. The number of hydrogen-bond acceptors (Lipinski definition) is 2. The van der Waals surface area contributed by atoms with E-state index in [0.717, 1.165) is 41.4 Å². The number of hydrogen-bond donors (Lipinski definition) is 3. The number of fused-ring (bicyclic) bond motifs is 3. The van der Waals surface area contributed by atoms with Crippen LogP contribution in [0.2, 0.25) is 5.02 Å². The molecule has 1 atom stereocenters. The van der Waals surface area contributed by atoms with Gasteiger partial charge in [-0.15, -0.1) is 0 Å². The molecule has 3 N–H and O–H groups in total. The van der Waals surface area contributed by atoms with Gasteiger partial charge in [0, 0.05) is 21.6 Å². The fourth-order valence-corrected chi connectivity index (χ4v) is 5.59. The van der Waals surface area contributed by atoms with Gasteiger partial charge < -0.3 is 9.97 Å². The van der Waals surface area contributed by atoms with Gasteiger partial charge in [-0.1, -0.05) is 81.5 Å². The highest BCUT2D eigenvalue weighted by molar-refractivity contribution is 6.31. The van der Waals surface area contributed by atoms with Gasteiger partial charge in [0.15, 0.2) is 0 Å². The van der Waals surface area contributed by atoms with Crippen LogP contribution in [0.3, 0.4) is 0 Å². The molecule has 0 saturated heterocycles. The summed E-state index contributed by atoms with van der Waals surface area (Å²) < 4.78 is 0. The summed E-state index contributed by atoms with van der Waals surface area (Å²) in [4.78, 5) is 12.3. The van der Waals surface area contributed by atoms with Gasteiger partial charge >= 0.3 is 0 Å². The first kappa shape index (κ1) is 22.2. The van der Waals surface area contributed by atoms with E-state index >= 15 is 0 Å². The van der Waals surface area contributed by atoms with E-state index in [-0.39, 0.29) is 11.6 Å². The molecule has 2 aromatic carbocycles. The van der Waals surface area contributed by atoms with Gasteiger partial charge in [-0.2, -0.15) is 0 Å². The Hall–Kier alpha value is -2.56. The summed E-state index contributed by atoms with van der Waals surface area (Å²) in [6.07, 6.45) is 9.81. The first-order valence-electron chi connectivity index (χ1n) is 12.3. The molecule has 5 heteroatoms. The SMILES string of the molecule is CCCCC1(CCCC)NC(c2ncc(-c3ccccc3)[nH]2)Cc2c1[nH]c1ccc(Cl)cc21. The third-order valence-electron chi connectivity index (χ3n) is 7.13. The molecule has 5 rings (SSSR count). The molecular weight excluding hydrogens is 428 g/mol. The normalized spacial score (nSPS) is 17.4. The standard InChI is InChI=1S/C28H33ClN4/c1-3-5-14-28(15-6-4-2)26-22(21-16-20(29)12-13-23(21)31-26)17-24(33-28)27-30-18-25(32-27)19-10-8-7-9-11-19/h7-13,16,18,24,31,33H,3-6,14-15,17H2,1-2H3,(H,30,32). The summed E-state index contributed by atoms with van der Waals surface area (Å²) in [6, 6.07) is 16.8. The van der Waals surface area contributed by atoms with Crippen LogP contribution >= 0.6 is 11.6 Å². The maximum atomic E-state index is 6.43. The molecule has 172 valence electrons. The van der Waals surface area contributed by atoms with Crippen molar-refractivity contribution >= 4 is 22.5 Å². The molecule has 1 aliphatic rings. The Bertz CT molecular complexity index is 1220. The van der Waals surface area contributed by atoms with Gasteiger partial charge in [-0.3, -0.25) is 5.32 Å². The van der Waals surface area contributed by atoms with Crippen LogP contribution in [0.15, 0.2) is 54.7 Å². The molecular formula is C28H33ClN4. The van der Waals surface area contributed by atoms with E-state index in [1.54, 1.807) is 0 Å². The Balaban J connectivity index is 1.60. The van der Waals surface area contributed by atoms with E-state index in [4.69, 9.17) is 16.6 Å². The fourth-order valence-electron chi connectivity index (χ4n) is 5.42. The summed E-state index contributed by atoms with van der Waals surface area (Å²) >= 11 is 6.43. The van der Waals surface area contributed by atoms with E-state index < -0.39 is 0 Å². The van der Waals surface area contributed by atoms with Crippen molar-refractivity contribution in [3.05, 3.63) is 76.8 Å². The maximum Gasteiger partial charge on any atom is 0.124 e. The van der Waals surface area contributed by atoms with Gasteiger partial charge in [-0.25, -0.2) is 4.98 Å². The lowest BCUT2D eigenvalue weighted by atomic mass is 9.77. The minimum absolute atomic E-state index is 0.0878. The molecule has 0 bridgehead atoms. The number of aromatic amines is 2. The number of H-pyrrole nitrogens is 2. The molecule has 1 aliphatic heterocycles. The first-order chi connectivity index (χ1) is 16.1. The van der Waals surface area contributed by atoms with Gasteiger partial charge in [-0.05, 0) is 48.6 Å². The van der Waals surface area contributed by atoms with Crippen molar-refractivity contribution in [2.75, 3.05) is 0 Å². The van der Waals surface area contributed by atoms with Gasteiger partial charge in [0.2, 0.25) is 0 Å².